The van der Waals surface area contributed by atoms with Crippen molar-refractivity contribution in [2.45, 2.75) is 37.8 Å². The van der Waals surface area contributed by atoms with E-state index < -0.39 is 0 Å². The van der Waals surface area contributed by atoms with E-state index in [-0.39, 0.29) is 40.7 Å². The molecule has 2 N–H and O–H groups in total. The molecule has 3 rings (SSSR count). The molecule has 159 valence electrons. The van der Waals surface area contributed by atoms with Crippen molar-refractivity contribution in [3.05, 3.63) is 71.5 Å². The molecule has 1 radical (unpaired) electrons. The smallest absolute Gasteiger partial charge is 0.190 e. The minimum Gasteiger partial charge on any atom is -0.497 e. The molecule has 1 saturated carbocycles. The molecule has 0 unspecified atom stereocenters. The van der Waals surface area contributed by atoms with E-state index in [0.29, 0.717) is 22.7 Å². The van der Waals surface area contributed by atoms with Crippen LogP contribution in [0.1, 0.15) is 25.7 Å². The van der Waals surface area contributed by atoms with Gasteiger partial charge in [0.25, 0.3) is 0 Å². The van der Waals surface area contributed by atoms with Gasteiger partial charge in [-0.05, 0) is 37.1 Å². The molecule has 1 fully saturated rings. The van der Waals surface area contributed by atoms with Crippen LogP contribution >= 0.6 is 0 Å². The first-order chi connectivity index (χ1) is 13.6. The second kappa shape index (κ2) is 10.9. The zero-order valence-electron chi connectivity index (χ0n) is 16.5. The van der Waals surface area contributed by atoms with Gasteiger partial charge in [0.1, 0.15) is 11.5 Å². The van der Waals surface area contributed by atoms with Crippen molar-refractivity contribution in [2.75, 3.05) is 14.2 Å². The maximum absolute atomic E-state index is 12.1. The van der Waals surface area contributed by atoms with Crippen molar-refractivity contribution in [3.8, 4) is 0 Å². The van der Waals surface area contributed by atoms with Gasteiger partial charge in [0, 0.05) is 64.9 Å². The monoisotopic (exact) mass is 445 g/mol. The van der Waals surface area contributed by atoms with Gasteiger partial charge in [0.2, 0.25) is 0 Å². The zero-order valence-corrected chi connectivity index (χ0v) is 17.5. The zero-order chi connectivity index (χ0) is 19.9. The fraction of sp³-hybridized carbons (Fsp3) is 0.364. The molecule has 3 aliphatic carbocycles. The van der Waals surface area contributed by atoms with Crippen molar-refractivity contribution in [1.82, 2.24) is 10.6 Å². The molecule has 7 heteroatoms. The largest absolute Gasteiger partial charge is 0.497 e. The van der Waals surface area contributed by atoms with Crippen LogP contribution in [0.3, 0.4) is 0 Å². The summed E-state index contributed by atoms with van der Waals surface area (Å²) in [6.07, 6.45) is 17.8. The Balaban J connectivity index is 0.00000300. The second-order valence-electron chi connectivity index (χ2n) is 6.93. The SMILES string of the molecule is COC1=CC(=O)/C(=C\N[C@@H]2CCCC[C@H]2N/C=C2/C=CC(OC)=CC2=O)C=C1.[Cu]. The van der Waals surface area contributed by atoms with Crippen LogP contribution in [-0.2, 0) is 36.1 Å². The average Bonchev–Trinajstić information content (AvgIpc) is 2.72. The quantitative estimate of drug-likeness (QED) is 0.483. The van der Waals surface area contributed by atoms with E-state index >= 15 is 0 Å². The van der Waals surface area contributed by atoms with Crippen LogP contribution < -0.4 is 10.6 Å². The van der Waals surface area contributed by atoms with E-state index in [1.54, 1.807) is 50.9 Å². The van der Waals surface area contributed by atoms with Gasteiger partial charge in [0.15, 0.2) is 11.6 Å². The number of methoxy groups -OCH3 is 2. The Morgan fingerprint density at radius 3 is 1.55 bits per heavy atom. The van der Waals surface area contributed by atoms with Gasteiger partial charge in [0.05, 0.1) is 14.2 Å². The second-order valence-corrected chi connectivity index (χ2v) is 6.93. The molecule has 0 bridgehead atoms. The van der Waals surface area contributed by atoms with Crippen molar-refractivity contribution < 1.29 is 36.1 Å². The summed E-state index contributed by atoms with van der Waals surface area (Å²) in [4.78, 5) is 24.3. The van der Waals surface area contributed by atoms with Gasteiger partial charge < -0.3 is 20.1 Å². The fourth-order valence-electron chi connectivity index (χ4n) is 3.45. The van der Waals surface area contributed by atoms with E-state index in [2.05, 4.69) is 10.6 Å². The van der Waals surface area contributed by atoms with Gasteiger partial charge >= 0.3 is 0 Å². The molecule has 0 aliphatic heterocycles. The van der Waals surface area contributed by atoms with Crippen LogP contribution in [-0.4, -0.2) is 37.9 Å². The molecule has 29 heavy (non-hydrogen) atoms. The number of hydrogen-bond acceptors (Lipinski definition) is 6. The molecular formula is C22H26CuN2O4. The average molecular weight is 446 g/mol. The molecule has 6 nitrogen and oxygen atoms in total. The maximum atomic E-state index is 12.1. The Labute approximate surface area is 181 Å². The molecule has 3 aliphatic rings. The Morgan fingerprint density at radius 1 is 0.793 bits per heavy atom. The molecule has 0 amide bonds. The van der Waals surface area contributed by atoms with Crippen LogP contribution in [0, 0.1) is 0 Å². The predicted octanol–water partition coefficient (Wildman–Crippen LogP) is 2.58. The number of ether oxygens (including phenoxy) is 2. The minimum atomic E-state index is -0.0760. The molecule has 0 saturated heterocycles. The third kappa shape index (κ3) is 5.99. The third-order valence-corrected chi connectivity index (χ3v) is 5.11. The van der Waals surface area contributed by atoms with Gasteiger partial charge in [-0.1, -0.05) is 12.8 Å². The van der Waals surface area contributed by atoms with Crippen LogP contribution in [0.25, 0.3) is 0 Å². The van der Waals surface area contributed by atoms with Crippen molar-refractivity contribution in [2.24, 2.45) is 0 Å². The summed E-state index contributed by atoms with van der Waals surface area (Å²) in [5.74, 6) is 0.963. The fourth-order valence-corrected chi connectivity index (χ4v) is 3.45. The van der Waals surface area contributed by atoms with Crippen molar-refractivity contribution in [3.63, 3.8) is 0 Å². The maximum Gasteiger partial charge on any atom is 0.190 e. The molecule has 2 atom stereocenters. The van der Waals surface area contributed by atoms with Crippen molar-refractivity contribution in [1.29, 1.82) is 0 Å². The summed E-state index contributed by atoms with van der Waals surface area (Å²) in [7, 11) is 3.09. The number of nitrogens with one attached hydrogen (secondary N) is 2. The summed E-state index contributed by atoms with van der Waals surface area (Å²) in [6.45, 7) is 0. The van der Waals surface area contributed by atoms with E-state index in [4.69, 9.17) is 9.47 Å². The van der Waals surface area contributed by atoms with Gasteiger partial charge in [-0.15, -0.1) is 0 Å². The van der Waals surface area contributed by atoms with Crippen LogP contribution in [0.5, 0.6) is 0 Å². The summed E-state index contributed by atoms with van der Waals surface area (Å²) in [5, 5.41) is 6.78. The van der Waals surface area contributed by atoms with E-state index in [1.165, 1.54) is 12.2 Å². The topological polar surface area (TPSA) is 76.7 Å². The van der Waals surface area contributed by atoms with E-state index in [9.17, 15) is 9.59 Å². The first-order valence-electron chi connectivity index (χ1n) is 9.49. The standard InChI is InChI=1S/C22H26N2O4.Cu/c1-27-17-9-7-15(21(25)11-17)13-23-19-5-3-4-6-20(19)24-14-16-8-10-18(28-2)12-22(16)26;/h7-14,19-20,23-24H,3-6H2,1-2H3;/b15-13-,16-14-;/t19-,20-;/m1./s1. The number of allylic oxidation sites excluding steroid dienone is 8. The number of hydrogen-bond donors (Lipinski definition) is 2. The number of ketones is 2. The molecule has 0 aromatic rings. The summed E-state index contributed by atoms with van der Waals surface area (Å²) < 4.78 is 10.2. The first kappa shape index (κ1) is 22.8. The molecule has 0 spiro atoms. The Kier molecular flexibility index (Phi) is 8.55. The molecule has 0 heterocycles. The summed E-state index contributed by atoms with van der Waals surface area (Å²) >= 11 is 0. The van der Waals surface area contributed by atoms with Gasteiger partial charge in [-0.3, -0.25) is 9.59 Å². The molecular weight excluding hydrogens is 420 g/mol. The normalized spacial score (nSPS) is 26.6. The molecule has 0 aromatic carbocycles. The summed E-state index contributed by atoms with van der Waals surface area (Å²) in [5.41, 5.74) is 1.21. The third-order valence-electron chi connectivity index (χ3n) is 5.11. The van der Waals surface area contributed by atoms with Gasteiger partial charge in [-0.2, -0.15) is 0 Å². The Morgan fingerprint density at radius 2 is 1.21 bits per heavy atom. The Bertz CT molecular complexity index is 753. The Hall–Kier alpha value is -2.50. The predicted molar refractivity (Wildman–Crippen MR) is 107 cm³/mol. The number of rotatable bonds is 6. The summed E-state index contributed by atoms with van der Waals surface area (Å²) in [6, 6.07) is 0.361. The van der Waals surface area contributed by atoms with E-state index in [1.807, 2.05) is 0 Å². The minimum absolute atomic E-state index is 0. The van der Waals surface area contributed by atoms with Crippen LogP contribution in [0.2, 0.25) is 0 Å². The molecule has 0 aromatic heterocycles. The van der Waals surface area contributed by atoms with Crippen molar-refractivity contribution >= 4 is 11.6 Å². The first-order valence-corrected chi connectivity index (χ1v) is 9.49. The number of carbonyl (C=O) groups is 2. The van der Waals surface area contributed by atoms with Crippen LogP contribution in [0.15, 0.2) is 71.5 Å². The van der Waals surface area contributed by atoms with Gasteiger partial charge in [-0.25, -0.2) is 0 Å². The van der Waals surface area contributed by atoms with Crippen LogP contribution in [0.4, 0.5) is 0 Å². The van der Waals surface area contributed by atoms with E-state index in [0.717, 1.165) is 25.7 Å². The number of carbonyl (C=O) groups excluding carboxylic acids is 2.